The molecule has 0 amide bonds. The van der Waals surface area contributed by atoms with Gasteiger partial charge in [-0.05, 0) is 45.3 Å². The summed E-state index contributed by atoms with van der Waals surface area (Å²) >= 11 is 6.06. The van der Waals surface area contributed by atoms with Crippen LogP contribution in [-0.4, -0.2) is 36.5 Å². The zero-order valence-electron chi connectivity index (χ0n) is 12.7. The van der Waals surface area contributed by atoms with Crippen LogP contribution in [-0.2, 0) is 9.31 Å². The molecule has 0 aliphatic carbocycles. The van der Waals surface area contributed by atoms with Gasteiger partial charge < -0.3 is 19.2 Å². The van der Waals surface area contributed by atoms with Crippen molar-refractivity contribution in [3.05, 3.63) is 22.7 Å². The lowest BCUT2D eigenvalue weighted by Gasteiger charge is -2.32. The fourth-order valence-corrected chi connectivity index (χ4v) is 2.39. The SMILES string of the molecule is COc1cc(B2OC(C)(C)C(C)(C)O2)cc(Cl)c1C(=O)O. The van der Waals surface area contributed by atoms with Crippen molar-refractivity contribution in [1.82, 2.24) is 0 Å². The normalized spacial score (nSPS) is 19.6. The number of ether oxygens (including phenoxy) is 1. The zero-order chi connectivity index (χ0) is 16.0. The molecule has 1 N–H and O–H groups in total. The van der Waals surface area contributed by atoms with Crippen LogP contribution in [0.3, 0.4) is 0 Å². The minimum atomic E-state index is -1.14. The molecule has 0 saturated carbocycles. The van der Waals surface area contributed by atoms with Crippen molar-refractivity contribution in [3.8, 4) is 5.75 Å². The molecule has 114 valence electrons. The molecule has 0 radical (unpaired) electrons. The van der Waals surface area contributed by atoms with Crippen LogP contribution in [0, 0.1) is 0 Å². The molecule has 0 unspecified atom stereocenters. The van der Waals surface area contributed by atoms with E-state index in [0.29, 0.717) is 5.46 Å². The first kappa shape index (κ1) is 16.1. The molecule has 7 heteroatoms. The van der Waals surface area contributed by atoms with Gasteiger partial charge >= 0.3 is 13.1 Å². The fourth-order valence-electron chi connectivity index (χ4n) is 2.09. The highest BCUT2D eigenvalue weighted by Crippen LogP contribution is 2.37. The number of hydrogen-bond donors (Lipinski definition) is 1. The van der Waals surface area contributed by atoms with E-state index < -0.39 is 24.3 Å². The van der Waals surface area contributed by atoms with Crippen LogP contribution in [0.4, 0.5) is 0 Å². The maximum atomic E-state index is 11.2. The molecule has 1 heterocycles. The van der Waals surface area contributed by atoms with Crippen molar-refractivity contribution in [2.24, 2.45) is 0 Å². The number of aromatic carboxylic acids is 1. The Hall–Kier alpha value is -1.24. The molecule has 0 spiro atoms. The Bertz CT molecular complexity index is 569. The van der Waals surface area contributed by atoms with E-state index in [1.807, 2.05) is 27.7 Å². The number of rotatable bonds is 3. The third kappa shape index (κ3) is 2.75. The summed E-state index contributed by atoms with van der Waals surface area (Å²) in [5.41, 5.74) is -0.411. The van der Waals surface area contributed by atoms with Gasteiger partial charge in [0.1, 0.15) is 11.3 Å². The van der Waals surface area contributed by atoms with Crippen LogP contribution < -0.4 is 10.2 Å². The second-order valence-electron chi connectivity index (χ2n) is 5.97. The van der Waals surface area contributed by atoms with Gasteiger partial charge in [0.05, 0.1) is 23.3 Å². The number of carboxylic acid groups (broad SMARTS) is 1. The number of carbonyl (C=O) groups is 1. The van der Waals surface area contributed by atoms with Gasteiger partial charge in [0.2, 0.25) is 0 Å². The molecule has 5 nitrogen and oxygen atoms in total. The van der Waals surface area contributed by atoms with E-state index in [9.17, 15) is 9.90 Å². The molecule has 1 aromatic rings. The highest BCUT2D eigenvalue weighted by atomic mass is 35.5. The largest absolute Gasteiger partial charge is 0.496 e. The van der Waals surface area contributed by atoms with Crippen LogP contribution >= 0.6 is 11.6 Å². The first-order valence-electron chi connectivity index (χ1n) is 6.55. The van der Waals surface area contributed by atoms with Gasteiger partial charge in [-0.25, -0.2) is 4.79 Å². The van der Waals surface area contributed by atoms with E-state index >= 15 is 0 Å². The Morgan fingerprint density at radius 1 is 1.24 bits per heavy atom. The summed E-state index contributed by atoms with van der Waals surface area (Å²) < 4.78 is 17.0. The van der Waals surface area contributed by atoms with Gasteiger partial charge in [-0.1, -0.05) is 11.6 Å². The smallest absolute Gasteiger partial charge is 0.495 e. The van der Waals surface area contributed by atoms with Crippen molar-refractivity contribution in [2.45, 2.75) is 38.9 Å². The van der Waals surface area contributed by atoms with E-state index in [4.69, 9.17) is 25.6 Å². The first-order valence-corrected chi connectivity index (χ1v) is 6.93. The summed E-state index contributed by atoms with van der Waals surface area (Å²) in [7, 11) is 0.774. The van der Waals surface area contributed by atoms with E-state index in [1.54, 1.807) is 6.07 Å². The number of halogens is 1. The van der Waals surface area contributed by atoms with Crippen LogP contribution in [0.1, 0.15) is 38.1 Å². The second kappa shape index (κ2) is 5.19. The molecule has 2 rings (SSSR count). The average molecular weight is 313 g/mol. The Labute approximate surface area is 129 Å². The number of carboxylic acids is 1. The third-order valence-corrected chi connectivity index (χ3v) is 4.33. The van der Waals surface area contributed by atoms with Crippen LogP contribution in [0.15, 0.2) is 12.1 Å². The highest BCUT2D eigenvalue weighted by molar-refractivity contribution is 6.62. The quantitative estimate of drug-likeness (QED) is 0.868. The molecule has 0 bridgehead atoms. The van der Waals surface area contributed by atoms with Gasteiger partial charge in [0, 0.05) is 0 Å². The minimum Gasteiger partial charge on any atom is -0.496 e. The van der Waals surface area contributed by atoms with Crippen molar-refractivity contribution >= 4 is 30.2 Å². The zero-order valence-corrected chi connectivity index (χ0v) is 13.4. The predicted molar refractivity (Wildman–Crippen MR) is 80.7 cm³/mol. The van der Waals surface area contributed by atoms with Gasteiger partial charge in [-0.15, -0.1) is 0 Å². The maximum absolute atomic E-state index is 11.2. The third-order valence-electron chi connectivity index (χ3n) is 4.04. The molecule has 1 aromatic carbocycles. The summed E-state index contributed by atoms with van der Waals surface area (Å²) in [6.45, 7) is 7.77. The van der Waals surface area contributed by atoms with Gasteiger partial charge in [0.25, 0.3) is 0 Å². The van der Waals surface area contributed by atoms with E-state index in [2.05, 4.69) is 0 Å². The minimum absolute atomic E-state index is 0.0700. The Morgan fingerprint density at radius 3 is 2.19 bits per heavy atom. The van der Waals surface area contributed by atoms with Crippen LogP contribution in [0.5, 0.6) is 5.75 Å². The highest BCUT2D eigenvalue weighted by Gasteiger charge is 2.52. The first-order chi connectivity index (χ1) is 9.59. The summed E-state index contributed by atoms with van der Waals surface area (Å²) in [6.07, 6.45) is 0. The molecule has 21 heavy (non-hydrogen) atoms. The number of hydrogen-bond acceptors (Lipinski definition) is 4. The molecular weight excluding hydrogens is 294 g/mol. The summed E-state index contributed by atoms with van der Waals surface area (Å²) in [5.74, 6) is -0.961. The lowest BCUT2D eigenvalue weighted by atomic mass is 9.78. The predicted octanol–water partition coefficient (Wildman–Crippen LogP) is 2.35. The van der Waals surface area contributed by atoms with Crippen molar-refractivity contribution < 1.29 is 23.9 Å². The van der Waals surface area contributed by atoms with E-state index in [-0.39, 0.29) is 16.3 Å². The number of benzene rings is 1. The van der Waals surface area contributed by atoms with Gasteiger partial charge in [-0.3, -0.25) is 0 Å². The van der Waals surface area contributed by atoms with E-state index in [0.717, 1.165) is 0 Å². The summed E-state index contributed by atoms with van der Waals surface area (Å²) in [5, 5.41) is 9.26. The molecular formula is C14H18BClO5. The van der Waals surface area contributed by atoms with Crippen LogP contribution in [0.2, 0.25) is 5.02 Å². The summed E-state index contributed by atoms with van der Waals surface area (Å²) in [4.78, 5) is 11.2. The van der Waals surface area contributed by atoms with Crippen molar-refractivity contribution in [1.29, 1.82) is 0 Å². The monoisotopic (exact) mass is 312 g/mol. The van der Waals surface area contributed by atoms with E-state index in [1.165, 1.54) is 13.2 Å². The maximum Gasteiger partial charge on any atom is 0.495 e. The Balaban J connectivity index is 2.44. The van der Waals surface area contributed by atoms with Crippen LogP contribution in [0.25, 0.3) is 0 Å². The van der Waals surface area contributed by atoms with Gasteiger partial charge in [0.15, 0.2) is 0 Å². The van der Waals surface area contributed by atoms with Crippen molar-refractivity contribution in [2.75, 3.05) is 7.11 Å². The molecule has 0 atom stereocenters. The molecule has 1 fully saturated rings. The lowest BCUT2D eigenvalue weighted by molar-refractivity contribution is 0.00578. The molecule has 1 aliphatic heterocycles. The lowest BCUT2D eigenvalue weighted by Crippen LogP contribution is -2.41. The average Bonchev–Trinajstić information content (AvgIpc) is 2.56. The van der Waals surface area contributed by atoms with Crippen molar-refractivity contribution in [3.63, 3.8) is 0 Å². The van der Waals surface area contributed by atoms with Gasteiger partial charge in [-0.2, -0.15) is 0 Å². The molecule has 0 aromatic heterocycles. The number of methoxy groups -OCH3 is 1. The Kier molecular flexibility index (Phi) is 3.99. The Morgan fingerprint density at radius 2 is 1.76 bits per heavy atom. The molecule has 1 saturated heterocycles. The molecule has 1 aliphatic rings. The topological polar surface area (TPSA) is 65.0 Å². The fraction of sp³-hybridized carbons (Fsp3) is 0.500. The summed E-state index contributed by atoms with van der Waals surface area (Å²) in [6, 6.07) is 3.12. The second-order valence-corrected chi connectivity index (χ2v) is 6.38. The standard InChI is InChI=1S/C14H18BClO5/c1-13(2)14(3,4)21-15(20-13)8-6-9(16)11(12(17)18)10(7-8)19-5/h6-7H,1-5H3,(H,17,18).